The fourth-order valence-corrected chi connectivity index (χ4v) is 3.74. The third kappa shape index (κ3) is 2.90. The number of benzene rings is 2. The summed E-state index contributed by atoms with van der Waals surface area (Å²) in [6, 6.07) is 16.4. The number of aromatic nitrogens is 1. The molecule has 3 nitrogen and oxygen atoms in total. The first-order chi connectivity index (χ1) is 11.8. The summed E-state index contributed by atoms with van der Waals surface area (Å²) in [7, 11) is 0. The number of aryl methyl sites for hydroxylation is 1. The molecule has 0 unspecified atom stereocenters. The summed E-state index contributed by atoms with van der Waals surface area (Å²) < 4.78 is 8.28. The van der Waals surface area contributed by atoms with Crippen molar-refractivity contribution < 1.29 is 4.74 Å². The van der Waals surface area contributed by atoms with Crippen LogP contribution in [0, 0.1) is 0 Å². The van der Waals surface area contributed by atoms with Gasteiger partial charge in [-0.3, -0.25) is 0 Å². The number of hydrogen-bond donors (Lipinski definition) is 1. The van der Waals surface area contributed by atoms with Gasteiger partial charge in [-0.15, -0.1) is 0 Å². The highest BCUT2D eigenvalue weighted by Gasteiger charge is 2.18. The molecule has 0 amide bonds. The number of rotatable bonds is 5. The second-order valence-corrected chi connectivity index (χ2v) is 6.56. The van der Waals surface area contributed by atoms with E-state index in [0.29, 0.717) is 11.6 Å². The van der Waals surface area contributed by atoms with Crippen LogP contribution in [0.5, 0.6) is 5.75 Å². The van der Waals surface area contributed by atoms with Crippen LogP contribution in [0.15, 0.2) is 48.5 Å². The Hall–Kier alpha value is -1.97. The standard InChI is InChI=1S/C20H21ClN2O/c21-17-7-2-4-9-20(17)24-13-5-12-23-18-8-3-1-6-15(18)16-10-11-22-14-19(16)23/h1-4,6-9,22H,5,10-14H2. The van der Waals surface area contributed by atoms with Crippen molar-refractivity contribution in [2.45, 2.75) is 25.9 Å². The molecule has 2 aromatic carbocycles. The van der Waals surface area contributed by atoms with E-state index in [4.69, 9.17) is 16.3 Å². The van der Waals surface area contributed by atoms with Crippen molar-refractivity contribution in [2.24, 2.45) is 0 Å². The quantitative estimate of drug-likeness (QED) is 0.696. The minimum absolute atomic E-state index is 0.665. The molecule has 1 N–H and O–H groups in total. The van der Waals surface area contributed by atoms with Gasteiger partial charge in [-0.2, -0.15) is 0 Å². The van der Waals surface area contributed by atoms with Crippen molar-refractivity contribution in [1.29, 1.82) is 0 Å². The molecule has 1 aromatic heterocycles. The van der Waals surface area contributed by atoms with Crippen molar-refractivity contribution in [3.8, 4) is 5.75 Å². The molecule has 0 bridgehead atoms. The monoisotopic (exact) mass is 340 g/mol. The second-order valence-electron chi connectivity index (χ2n) is 6.15. The fourth-order valence-electron chi connectivity index (χ4n) is 3.55. The molecule has 124 valence electrons. The Kier molecular flexibility index (Phi) is 4.46. The molecule has 24 heavy (non-hydrogen) atoms. The lowest BCUT2D eigenvalue weighted by Crippen LogP contribution is -2.25. The Bertz CT molecular complexity index is 856. The molecule has 0 atom stereocenters. The van der Waals surface area contributed by atoms with Gasteiger partial charge in [0.1, 0.15) is 5.75 Å². The van der Waals surface area contributed by atoms with Gasteiger partial charge in [0, 0.05) is 29.7 Å². The zero-order valence-corrected chi connectivity index (χ0v) is 14.4. The topological polar surface area (TPSA) is 26.2 Å². The number of nitrogens with one attached hydrogen (secondary N) is 1. The lowest BCUT2D eigenvalue weighted by atomic mass is 10.1. The lowest BCUT2D eigenvalue weighted by molar-refractivity contribution is 0.302. The maximum absolute atomic E-state index is 6.14. The Morgan fingerprint density at radius 3 is 2.83 bits per heavy atom. The first-order valence-electron chi connectivity index (χ1n) is 8.51. The predicted octanol–water partition coefficient (Wildman–Crippen LogP) is 4.41. The van der Waals surface area contributed by atoms with Crippen molar-refractivity contribution in [2.75, 3.05) is 13.2 Å². The van der Waals surface area contributed by atoms with Crippen LogP contribution in [-0.2, 0) is 19.5 Å². The molecule has 3 aromatic rings. The number of ether oxygens (including phenoxy) is 1. The molecule has 0 spiro atoms. The number of nitrogens with zero attached hydrogens (tertiary/aromatic N) is 1. The Morgan fingerprint density at radius 2 is 1.92 bits per heavy atom. The molecule has 0 fully saturated rings. The summed E-state index contributed by atoms with van der Waals surface area (Å²) in [5.41, 5.74) is 4.28. The highest BCUT2D eigenvalue weighted by Crippen LogP contribution is 2.29. The molecule has 2 heterocycles. The van der Waals surface area contributed by atoms with E-state index in [0.717, 1.165) is 38.2 Å². The summed E-state index contributed by atoms with van der Waals surface area (Å²) >= 11 is 6.14. The number of hydrogen-bond acceptors (Lipinski definition) is 2. The van der Waals surface area contributed by atoms with E-state index in [1.54, 1.807) is 0 Å². The Morgan fingerprint density at radius 1 is 1.08 bits per heavy atom. The molecule has 0 aliphatic carbocycles. The van der Waals surface area contributed by atoms with Crippen LogP contribution < -0.4 is 10.1 Å². The predicted molar refractivity (Wildman–Crippen MR) is 98.9 cm³/mol. The van der Waals surface area contributed by atoms with Crippen LogP contribution in [-0.4, -0.2) is 17.7 Å². The zero-order chi connectivity index (χ0) is 16.4. The summed E-state index contributed by atoms with van der Waals surface area (Å²) in [4.78, 5) is 0. The van der Waals surface area contributed by atoms with E-state index < -0.39 is 0 Å². The first-order valence-corrected chi connectivity index (χ1v) is 8.89. The molecule has 0 saturated heterocycles. The number of halogens is 1. The maximum atomic E-state index is 6.14. The van der Waals surface area contributed by atoms with Gasteiger partial charge in [0.25, 0.3) is 0 Å². The van der Waals surface area contributed by atoms with Crippen LogP contribution in [0.2, 0.25) is 5.02 Å². The molecule has 4 rings (SSSR count). The Balaban J connectivity index is 1.50. The van der Waals surface area contributed by atoms with E-state index in [2.05, 4.69) is 34.1 Å². The Labute approximate surface area is 147 Å². The van der Waals surface area contributed by atoms with E-state index in [9.17, 15) is 0 Å². The molecule has 0 radical (unpaired) electrons. The highest BCUT2D eigenvalue weighted by molar-refractivity contribution is 6.32. The third-order valence-corrected chi connectivity index (χ3v) is 4.97. The summed E-state index contributed by atoms with van der Waals surface area (Å²) in [5, 5.41) is 5.57. The van der Waals surface area contributed by atoms with Gasteiger partial charge in [-0.05, 0) is 43.1 Å². The van der Waals surface area contributed by atoms with Gasteiger partial charge in [0.2, 0.25) is 0 Å². The summed E-state index contributed by atoms with van der Waals surface area (Å²) in [6.45, 7) is 3.65. The minimum atomic E-state index is 0.665. The first kappa shape index (κ1) is 15.6. The highest BCUT2D eigenvalue weighted by atomic mass is 35.5. The van der Waals surface area contributed by atoms with Gasteiger partial charge >= 0.3 is 0 Å². The van der Waals surface area contributed by atoms with Gasteiger partial charge in [-0.25, -0.2) is 0 Å². The SMILES string of the molecule is Clc1ccccc1OCCCn1c2c(c3ccccc31)CCNC2. The molecule has 0 saturated carbocycles. The lowest BCUT2D eigenvalue weighted by Gasteiger charge is -2.17. The molecular weight excluding hydrogens is 320 g/mol. The smallest absolute Gasteiger partial charge is 0.137 e. The van der Waals surface area contributed by atoms with Crippen LogP contribution in [0.4, 0.5) is 0 Å². The number of fused-ring (bicyclic) bond motifs is 3. The van der Waals surface area contributed by atoms with E-state index >= 15 is 0 Å². The molecule has 1 aliphatic rings. The third-order valence-electron chi connectivity index (χ3n) is 4.66. The normalized spacial score (nSPS) is 13.9. The van der Waals surface area contributed by atoms with Crippen LogP contribution in [0.3, 0.4) is 0 Å². The van der Waals surface area contributed by atoms with Gasteiger partial charge < -0.3 is 14.6 Å². The van der Waals surface area contributed by atoms with E-state index in [-0.39, 0.29) is 0 Å². The minimum Gasteiger partial charge on any atom is -0.492 e. The number of para-hydroxylation sites is 2. The summed E-state index contributed by atoms with van der Waals surface area (Å²) in [6.07, 6.45) is 2.06. The van der Waals surface area contributed by atoms with Crippen molar-refractivity contribution in [3.63, 3.8) is 0 Å². The van der Waals surface area contributed by atoms with Gasteiger partial charge in [0.05, 0.1) is 11.6 Å². The maximum Gasteiger partial charge on any atom is 0.137 e. The van der Waals surface area contributed by atoms with Crippen LogP contribution >= 0.6 is 11.6 Å². The fraction of sp³-hybridized carbons (Fsp3) is 0.300. The van der Waals surface area contributed by atoms with Crippen molar-refractivity contribution in [3.05, 3.63) is 64.8 Å². The van der Waals surface area contributed by atoms with Crippen LogP contribution in [0.1, 0.15) is 17.7 Å². The van der Waals surface area contributed by atoms with E-state index in [1.807, 2.05) is 24.3 Å². The summed E-state index contributed by atoms with van der Waals surface area (Å²) in [5.74, 6) is 0.764. The molecule has 1 aliphatic heterocycles. The van der Waals surface area contributed by atoms with Crippen molar-refractivity contribution in [1.82, 2.24) is 9.88 Å². The average molecular weight is 341 g/mol. The van der Waals surface area contributed by atoms with Crippen LogP contribution in [0.25, 0.3) is 10.9 Å². The van der Waals surface area contributed by atoms with Gasteiger partial charge in [-0.1, -0.05) is 41.9 Å². The zero-order valence-electron chi connectivity index (χ0n) is 13.6. The van der Waals surface area contributed by atoms with E-state index in [1.165, 1.54) is 22.2 Å². The molecular formula is C20H21ClN2O. The largest absolute Gasteiger partial charge is 0.492 e. The average Bonchev–Trinajstić information content (AvgIpc) is 2.94. The molecule has 4 heteroatoms. The second kappa shape index (κ2) is 6.88. The van der Waals surface area contributed by atoms with Gasteiger partial charge in [0.15, 0.2) is 0 Å². The van der Waals surface area contributed by atoms with Crippen molar-refractivity contribution >= 4 is 22.5 Å².